The largest absolute Gasteiger partial charge is 0.493 e. The van der Waals surface area contributed by atoms with E-state index in [1.165, 1.54) is 7.11 Å². The number of quaternary nitrogens is 1. The number of carbonyl (C=O) groups is 2. The molecule has 10 unspecified atom stereocenters. The summed E-state index contributed by atoms with van der Waals surface area (Å²) in [4.78, 5) is 28.9. The number of aliphatic imine (C=N–C) groups is 1. The molecule has 11 N–H and O–H groups in total. The molecule has 3 aromatic carbocycles. The van der Waals surface area contributed by atoms with Crippen molar-refractivity contribution in [3.8, 4) is 28.7 Å². The Morgan fingerprint density at radius 3 is 2.52 bits per heavy atom. The van der Waals surface area contributed by atoms with Crippen LogP contribution >= 0.6 is 0 Å². The quantitative estimate of drug-likeness (QED) is 0.0460. The number of nitrogens with two attached hydrogens (primary N) is 2. The molecule has 0 radical (unpaired) electrons. The summed E-state index contributed by atoms with van der Waals surface area (Å²) in [5, 5.41) is 62.6. The van der Waals surface area contributed by atoms with Crippen molar-refractivity contribution in [1.29, 1.82) is 0 Å². The van der Waals surface area contributed by atoms with E-state index in [4.69, 9.17) is 49.7 Å². The molecule has 8 rings (SSSR count). The molecular formula is C43H49N4O15+. The molecule has 1 saturated heterocycles. The van der Waals surface area contributed by atoms with Crippen molar-refractivity contribution in [3.63, 3.8) is 0 Å². The van der Waals surface area contributed by atoms with Crippen LogP contribution in [0.25, 0.3) is 0 Å². The van der Waals surface area contributed by atoms with Crippen LogP contribution in [0.3, 0.4) is 0 Å². The summed E-state index contributed by atoms with van der Waals surface area (Å²) in [6.45, 7) is 0.240. The van der Waals surface area contributed by atoms with Crippen molar-refractivity contribution in [2.45, 2.75) is 80.5 Å². The van der Waals surface area contributed by atoms with Gasteiger partial charge in [0.05, 0.1) is 25.8 Å². The van der Waals surface area contributed by atoms with Crippen molar-refractivity contribution in [3.05, 3.63) is 99.9 Å². The Morgan fingerprint density at radius 1 is 1.02 bits per heavy atom. The Hall–Kier alpha value is -5.61. The Morgan fingerprint density at radius 2 is 1.81 bits per heavy atom. The number of carboxylic acid groups (broad SMARTS) is 1. The van der Waals surface area contributed by atoms with Gasteiger partial charge in [0.1, 0.15) is 86.5 Å². The molecule has 0 amide bonds. The summed E-state index contributed by atoms with van der Waals surface area (Å²) >= 11 is 0. The number of methoxy groups -OCH3 is 1. The summed E-state index contributed by atoms with van der Waals surface area (Å²) in [7, 11) is 1.51. The van der Waals surface area contributed by atoms with Crippen LogP contribution in [0.1, 0.15) is 40.7 Å². The number of nitrogens with one attached hydrogen (secondary N) is 1. The minimum Gasteiger partial charge on any atom is -0.493 e. The molecule has 19 nitrogen and oxygen atoms in total. The van der Waals surface area contributed by atoms with Gasteiger partial charge in [-0.25, -0.2) is 0 Å². The lowest BCUT2D eigenvalue weighted by atomic mass is 9.80. The highest BCUT2D eigenvalue weighted by molar-refractivity contribution is 5.90. The van der Waals surface area contributed by atoms with Crippen LogP contribution in [0.15, 0.2) is 82.6 Å². The minimum absolute atomic E-state index is 0.0162. The van der Waals surface area contributed by atoms with E-state index in [2.05, 4.69) is 4.99 Å². The van der Waals surface area contributed by atoms with Gasteiger partial charge >= 0.3 is 11.9 Å². The molecule has 1 fully saturated rings. The molecule has 0 bridgehead atoms. The van der Waals surface area contributed by atoms with Crippen LogP contribution in [-0.2, 0) is 32.0 Å². The molecule has 62 heavy (non-hydrogen) atoms. The molecule has 0 spiro atoms. The van der Waals surface area contributed by atoms with Crippen molar-refractivity contribution in [2.75, 3.05) is 33.5 Å². The lowest BCUT2D eigenvalue weighted by molar-refractivity contribution is -0.867. The standard InChI is InChI=1S/C43H48N4O15/c1-56-26-8-7-24-32-27(13-20-5-3-2-4-6-20)59-28-15-23(58-43-36(55)34(53)35(54)40(62-43)41(42(44)45)60-30(52)16-29(50)51)14-22(18-47-17-21-9-10-46-33(21)25(47)19-49)31(28)39(32)61-37(24)38(26)57-12-11-48/h2-10,14-15,27,32,34-36,39-43,48-49,53-55H,11-13,16-19,44-45H2,1H3,(H,50,51)/p+1. The van der Waals surface area contributed by atoms with E-state index in [0.29, 0.717) is 58.5 Å². The number of benzene rings is 3. The topological polar surface area (TPSA) is 289 Å². The van der Waals surface area contributed by atoms with Crippen LogP contribution in [0.5, 0.6) is 28.7 Å². The van der Waals surface area contributed by atoms with E-state index < -0.39 is 73.5 Å². The Balaban J connectivity index is 1.21. The van der Waals surface area contributed by atoms with Crippen molar-refractivity contribution < 1.29 is 78.3 Å². The zero-order chi connectivity index (χ0) is 43.8. The van der Waals surface area contributed by atoms with Crippen LogP contribution in [0.4, 0.5) is 0 Å². The lowest BCUT2D eigenvalue weighted by Crippen LogP contribution is -3.08. The molecule has 5 aliphatic rings. The Bertz CT molecular complexity index is 2270. The number of aliphatic hydroxyl groups is 5. The molecular weight excluding hydrogens is 812 g/mol. The van der Waals surface area contributed by atoms with Crippen LogP contribution in [0.2, 0.25) is 0 Å². The van der Waals surface area contributed by atoms with Gasteiger partial charge in [-0.1, -0.05) is 36.4 Å². The average molecular weight is 862 g/mol. The number of hydrogen-bond acceptors (Lipinski definition) is 17. The maximum Gasteiger partial charge on any atom is 0.317 e. The Labute approximate surface area is 354 Å². The highest BCUT2D eigenvalue weighted by atomic mass is 16.7. The highest BCUT2D eigenvalue weighted by Gasteiger charge is 2.52. The molecule has 3 aromatic rings. The van der Waals surface area contributed by atoms with E-state index in [-0.39, 0.29) is 38.0 Å². The van der Waals surface area contributed by atoms with Crippen molar-refractivity contribution in [2.24, 2.45) is 16.5 Å². The molecule has 0 aromatic heterocycles. The molecule has 0 saturated carbocycles. The fourth-order valence-corrected chi connectivity index (χ4v) is 8.85. The van der Waals surface area contributed by atoms with E-state index in [1.54, 1.807) is 24.4 Å². The first-order valence-corrected chi connectivity index (χ1v) is 20.1. The van der Waals surface area contributed by atoms with E-state index in [9.17, 15) is 35.1 Å². The van der Waals surface area contributed by atoms with Gasteiger partial charge in [0.25, 0.3) is 0 Å². The highest BCUT2D eigenvalue weighted by Crippen LogP contribution is 2.59. The number of rotatable bonds is 16. The van der Waals surface area contributed by atoms with Gasteiger partial charge in [0.15, 0.2) is 23.3 Å². The van der Waals surface area contributed by atoms with Crippen molar-refractivity contribution >= 4 is 18.2 Å². The number of ether oxygens (including phenoxy) is 7. The number of nitrogens with zero attached hydrogens (tertiary/aromatic N) is 1. The van der Waals surface area contributed by atoms with E-state index >= 15 is 0 Å². The number of fused-ring (bicyclic) bond motifs is 6. The van der Waals surface area contributed by atoms with Gasteiger partial charge in [0.2, 0.25) is 12.0 Å². The minimum atomic E-state index is -1.92. The molecule has 19 heteroatoms. The van der Waals surface area contributed by atoms with E-state index in [0.717, 1.165) is 21.6 Å². The van der Waals surface area contributed by atoms with Gasteiger partial charge in [0, 0.05) is 41.0 Å². The summed E-state index contributed by atoms with van der Waals surface area (Å²) < 4.78 is 43.0. The first-order valence-electron chi connectivity index (χ1n) is 20.1. The average Bonchev–Trinajstić information content (AvgIpc) is 3.96. The maximum atomic E-state index is 12.4. The van der Waals surface area contributed by atoms with Gasteiger partial charge < -0.3 is 75.3 Å². The lowest BCUT2D eigenvalue weighted by Gasteiger charge is -2.43. The fraction of sp³-hybridized carbons (Fsp3) is 0.419. The van der Waals surface area contributed by atoms with Crippen LogP contribution in [-0.4, -0.2) is 131 Å². The smallest absolute Gasteiger partial charge is 0.317 e. The predicted molar refractivity (Wildman–Crippen MR) is 215 cm³/mol. The zero-order valence-electron chi connectivity index (χ0n) is 33.5. The van der Waals surface area contributed by atoms with E-state index in [1.807, 2.05) is 42.5 Å². The predicted octanol–water partition coefficient (Wildman–Crippen LogP) is -1.28. The number of carboxylic acids is 1. The second-order valence-corrected chi connectivity index (χ2v) is 15.6. The number of aliphatic hydroxyl groups excluding tert-OH is 5. The van der Waals surface area contributed by atoms with Gasteiger partial charge in [-0.15, -0.1) is 0 Å². The third kappa shape index (κ3) is 8.21. The number of aliphatic carboxylic acids is 1. The second-order valence-electron chi connectivity index (χ2n) is 15.6. The van der Waals surface area contributed by atoms with Crippen LogP contribution < -0.4 is 40.1 Å². The first kappa shape index (κ1) is 43.1. The van der Waals surface area contributed by atoms with Gasteiger partial charge in [-0.3, -0.25) is 19.5 Å². The van der Waals surface area contributed by atoms with Crippen molar-refractivity contribution in [1.82, 2.24) is 0 Å². The molecule has 10 atom stereocenters. The Kier molecular flexibility index (Phi) is 12.5. The first-order chi connectivity index (χ1) is 29.9. The number of carbonyl (C=O) groups excluding carboxylic acids is 1. The number of esters is 1. The van der Waals surface area contributed by atoms with Gasteiger partial charge in [-0.2, -0.15) is 0 Å². The third-order valence-corrected chi connectivity index (χ3v) is 11.6. The zero-order valence-corrected chi connectivity index (χ0v) is 33.5. The van der Waals surface area contributed by atoms with Gasteiger partial charge in [-0.05, 0) is 23.8 Å². The van der Waals surface area contributed by atoms with Crippen LogP contribution in [0, 0.1) is 0 Å². The molecule has 330 valence electrons. The normalized spacial score (nSPS) is 27.3. The molecule has 5 heterocycles. The fourth-order valence-electron chi connectivity index (χ4n) is 8.85. The second kappa shape index (κ2) is 18.0. The monoisotopic (exact) mass is 861 g/mol. The summed E-state index contributed by atoms with van der Waals surface area (Å²) in [5.41, 5.74) is 17.2. The summed E-state index contributed by atoms with van der Waals surface area (Å²) in [6, 6.07) is 16.8. The summed E-state index contributed by atoms with van der Waals surface area (Å²) in [6.07, 6.45) is -10.5. The number of hydrogen-bond donors (Lipinski definition) is 9. The SMILES string of the molecule is COc1ccc2c(c1OCCO)OC1c3c(C[NH+]4CC5=CC=NC5=C4CO)cc(OC4OC(C(OC(=O)CC(=O)O)C(N)N)C(O)C(O)C4O)cc3OC(Cc3ccccc3)C21. The maximum absolute atomic E-state index is 12.4. The molecule has 5 aliphatic heterocycles. The number of allylic oxidation sites excluding steroid dienone is 1. The molecule has 0 aliphatic carbocycles. The third-order valence-electron chi connectivity index (χ3n) is 11.6. The summed E-state index contributed by atoms with van der Waals surface area (Å²) in [5.74, 6) is -1.48.